The van der Waals surface area contributed by atoms with E-state index in [1.807, 2.05) is 18.2 Å². The molecule has 4 nitrogen and oxygen atoms in total. The number of fused-ring (bicyclic) bond motifs is 1. The van der Waals surface area contributed by atoms with Crippen LogP contribution in [0, 0.1) is 5.92 Å². The van der Waals surface area contributed by atoms with E-state index in [-0.39, 0.29) is 5.69 Å². The summed E-state index contributed by atoms with van der Waals surface area (Å²) in [6.07, 6.45) is 3.83. The molecule has 0 amide bonds. The minimum absolute atomic E-state index is 0.147. The van der Waals surface area contributed by atoms with E-state index in [1.165, 1.54) is 12.8 Å². The molecular formula is C13H17N3O. The molecule has 3 N–H and O–H groups in total. The maximum absolute atomic E-state index is 11.2. The van der Waals surface area contributed by atoms with Crippen LogP contribution in [0.1, 0.15) is 26.2 Å². The van der Waals surface area contributed by atoms with Gasteiger partial charge in [0.05, 0.1) is 11.0 Å². The van der Waals surface area contributed by atoms with Gasteiger partial charge in [-0.2, -0.15) is 0 Å². The Kier molecular flexibility index (Phi) is 2.42. The predicted octanol–water partition coefficient (Wildman–Crippen LogP) is 2.46. The molecule has 1 aromatic carbocycles. The molecular weight excluding hydrogens is 214 g/mol. The molecule has 0 bridgehead atoms. The summed E-state index contributed by atoms with van der Waals surface area (Å²) in [4.78, 5) is 16.7. The molecule has 1 aromatic heterocycles. The fraction of sp³-hybridized carbons (Fsp3) is 0.462. The van der Waals surface area contributed by atoms with Crippen molar-refractivity contribution in [3.63, 3.8) is 0 Å². The minimum atomic E-state index is -0.147. The minimum Gasteiger partial charge on any atom is -0.382 e. The molecule has 0 spiro atoms. The molecule has 1 aliphatic carbocycles. The largest absolute Gasteiger partial charge is 0.382 e. The van der Waals surface area contributed by atoms with E-state index in [0.29, 0.717) is 6.04 Å². The summed E-state index contributed by atoms with van der Waals surface area (Å²) in [5.41, 5.74) is 2.67. The highest BCUT2D eigenvalue weighted by molar-refractivity contribution is 5.78. The van der Waals surface area contributed by atoms with Crippen LogP contribution in [0.15, 0.2) is 23.0 Å². The molecule has 1 unspecified atom stereocenters. The smallest absolute Gasteiger partial charge is 0.323 e. The lowest BCUT2D eigenvalue weighted by Gasteiger charge is -2.17. The second-order valence-electron chi connectivity index (χ2n) is 4.84. The third-order valence-electron chi connectivity index (χ3n) is 3.50. The molecule has 90 valence electrons. The highest BCUT2D eigenvalue weighted by Crippen LogP contribution is 2.35. The van der Waals surface area contributed by atoms with Gasteiger partial charge in [-0.25, -0.2) is 4.79 Å². The van der Waals surface area contributed by atoms with Gasteiger partial charge < -0.3 is 15.3 Å². The number of benzene rings is 1. The lowest BCUT2D eigenvalue weighted by molar-refractivity contribution is 0.617. The Balaban J connectivity index is 1.86. The van der Waals surface area contributed by atoms with Crippen LogP contribution in [0.25, 0.3) is 11.0 Å². The van der Waals surface area contributed by atoms with E-state index in [2.05, 4.69) is 22.2 Å². The summed E-state index contributed by atoms with van der Waals surface area (Å²) in [7, 11) is 0. The molecule has 0 aliphatic heterocycles. The maximum Gasteiger partial charge on any atom is 0.323 e. The molecule has 1 atom stereocenters. The van der Waals surface area contributed by atoms with E-state index in [0.717, 1.165) is 29.1 Å². The molecule has 1 saturated carbocycles. The first-order valence-electron chi connectivity index (χ1n) is 6.25. The van der Waals surface area contributed by atoms with Crippen LogP contribution >= 0.6 is 0 Å². The number of imidazole rings is 1. The monoisotopic (exact) mass is 231 g/mol. The van der Waals surface area contributed by atoms with Crippen molar-refractivity contribution in [1.29, 1.82) is 0 Å². The first-order valence-corrected chi connectivity index (χ1v) is 6.25. The van der Waals surface area contributed by atoms with Crippen LogP contribution in [0.3, 0.4) is 0 Å². The van der Waals surface area contributed by atoms with Crippen molar-refractivity contribution in [2.24, 2.45) is 5.92 Å². The van der Waals surface area contributed by atoms with Crippen LogP contribution in [0.4, 0.5) is 5.69 Å². The Labute approximate surface area is 99.4 Å². The fourth-order valence-corrected chi connectivity index (χ4v) is 2.39. The Morgan fingerprint density at radius 1 is 1.35 bits per heavy atom. The highest BCUT2D eigenvalue weighted by Gasteiger charge is 2.29. The number of aromatic amines is 2. The maximum atomic E-state index is 11.2. The van der Waals surface area contributed by atoms with Gasteiger partial charge in [-0.1, -0.05) is 6.92 Å². The Hall–Kier alpha value is -1.71. The van der Waals surface area contributed by atoms with E-state index < -0.39 is 0 Å². The second-order valence-corrected chi connectivity index (χ2v) is 4.84. The van der Waals surface area contributed by atoms with Crippen molar-refractivity contribution in [1.82, 2.24) is 9.97 Å². The fourth-order valence-electron chi connectivity index (χ4n) is 2.39. The lowest BCUT2D eigenvalue weighted by Crippen LogP contribution is -2.20. The summed E-state index contributed by atoms with van der Waals surface area (Å²) in [6, 6.07) is 6.53. The number of H-pyrrole nitrogens is 2. The predicted molar refractivity (Wildman–Crippen MR) is 69.3 cm³/mol. The van der Waals surface area contributed by atoms with E-state index in [4.69, 9.17) is 0 Å². The molecule has 1 aliphatic rings. The molecule has 1 heterocycles. The third kappa shape index (κ3) is 2.07. The van der Waals surface area contributed by atoms with Gasteiger partial charge in [0.1, 0.15) is 0 Å². The summed E-state index contributed by atoms with van der Waals surface area (Å²) in [6.45, 7) is 2.21. The molecule has 0 radical (unpaired) electrons. The second kappa shape index (κ2) is 3.95. The number of rotatable bonds is 4. The Morgan fingerprint density at radius 2 is 2.12 bits per heavy atom. The summed E-state index contributed by atoms with van der Waals surface area (Å²) >= 11 is 0. The van der Waals surface area contributed by atoms with Gasteiger partial charge in [0, 0.05) is 11.7 Å². The van der Waals surface area contributed by atoms with Crippen molar-refractivity contribution in [2.75, 3.05) is 5.32 Å². The van der Waals surface area contributed by atoms with Gasteiger partial charge in [-0.15, -0.1) is 0 Å². The Morgan fingerprint density at radius 3 is 2.82 bits per heavy atom. The van der Waals surface area contributed by atoms with E-state index in [1.54, 1.807) is 0 Å². The van der Waals surface area contributed by atoms with Crippen LogP contribution < -0.4 is 11.0 Å². The van der Waals surface area contributed by atoms with Gasteiger partial charge in [0.2, 0.25) is 0 Å². The number of nitrogens with one attached hydrogen (secondary N) is 3. The van der Waals surface area contributed by atoms with Gasteiger partial charge in [0.25, 0.3) is 0 Å². The topological polar surface area (TPSA) is 60.7 Å². The van der Waals surface area contributed by atoms with E-state index in [9.17, 15) is 4.79 Å². The zero-order valence-electron chi connectivity index (χ0n) is 9.92. The van der Waals surface area contributed by atoms with Crippen LogP contribution in [-0.2, 0) is 0 Å². The van der Waals surface area contributed by atoms with Crippen molar-refractivity contribution < 1.29 is 0 Å². The highest BCUT2D eigenvalue weighted by atomic mass is 16.1. The van der Waals surface area contributed by atoms with Gasteiger partial charge in [0.15, 0.2) is 0 Å². The molecule has 1 fully saturated rings. The van der Waals surface area contributed by atoms with Crippen molar-refractivity contribution in [3.8, 4) is 0 Å². The number of anilines is 1. The van der Waals surface area contributed by atoms with Gasteiger partial charge >= 0.3 is 5.69 Å². The van der Waals surface area contributed by atoms with Gasteiger partial charge in [-0.3, -0.25) is 0 Å². The average Bonchev–Trinajstić information content (AvgIpc) is 3.08. The van der Waals surface area contributed by atoms with E-state index >= 15 is 0 Å². The first kappa shape index (κ1) is 10.4. The third-order valence-corrected chi connectivity index (χ3v) is 3.50. The van der Waals surface area contributed by atoms with Crippen LogP contribution in [-0.4, -0.2) is 16.0 Å². The summed E-state index contributed by atoms with van der Waals surface area (Å²) < 4.78 is 0. The number of aromatic nitrogens is 2. The first-order chi connectivity index (χ1) is 8.26. The molecule has 2 aromatic rings. The quantitative estimate of drug-likeness (QED) is 0.757. The molecule has 3 rings (SSSR count). The summed E-state index contributed by atoms with van der Waals surface area (Å²) in [5, 5.41) is 3.56. The Bertz CT molecular complexity index is 580. The normalized spacial score (nSPS) is 17.2. The van der Waals surface area contributed by atoms with Crippen molar-refractivity contribution >= 4 is 16.7 Å². The number of hydrogen-bond donors (Lipinski definition) is 3. The SMILES string of the molecule is CCC(Nc1ccc2[nH]c(=O)[nH]c2c1)C1CC1. The lowest BCUT2D eigenvalue weighted by atomic mass is 10.1. The molecule has 17 heavy (non-hydrogen) atoms. The summed E-state index contributed by atoms with van der Waals surface area (Å²) in [5.74, 6) is 0.834. The van der Waals surface area contributed by atoms with Crippen LogP contribution in [0.2, 0.25) is 0 Å². The zero-order chi connectivity index (χ0) is 11.8. The molecule has 4 heteroatoms. The zero-order valence-corrected chi connectivity index (χ0v) is 9.92. The average molecular weight is 231 g/mol. The van der Waals surface area contributed by atoms with Crippen molar-refractivity contribution in [3.05, 3.63) is 28.7 Å². The van der Waals surface area contributed by atoms with Gasteiger partial charge in [-0.05, 0) is 43.4 Å². The van der Waals surface area contributed by atoms with Crippen molar-refractivity contribution in [2.45, 2.75) is 32.2 Å². The number of hydrogen-bond acceptors (Lipinski definition) is 2. The molecule has 0 saturated heterocycles. The standard InChI is InChI=1S/C13H17N3O/c1-2-10(8-3-4-8)14-9-5-6-11-12(7-9)16-13(17)15-11/h5-8,10,14H,2-4H2,1H3,(H2,15,16,17). The van der Waals surface area contributed by atoms with Crippen LogP contribution in [0.5, 0.6) is 0 Å².